The summed E-state index contributed by atoms with van der Waals surface area (Å²) in [6, 6.07) is 11.0. The number of rotatable bonds is 7. The summed E-state index contributed by atoms with van der Waals surface area (Å²) in [6.45, 7) is 4.40. The number of nitrogens with zero attached hydrogens (tertiary/aromatic N) is 3. The maximum atomic E-state index is 13.3. The number of piperidine rings is 3. The van der Waals surface area contributed by atoms with Crippen molar-refractivity contribution < 1.29 is 19.4 Å². The molecule has 6 rings (SSSR count). The van der Waals surface area contributed by atoms with Crippen molar-refractivity contribution in [1.82, 2.24) is 14.7 Å². The number of carboxylic acids is 1. The highest BCUT2D eigenvalue weighted by Gasteiger charge is 2.38. The van der Waals surface area contributed by atoms with Crippen LogP contribution in [0.25, 0.3) is 10.4 Å². The second kappa shape index (κ2) is 9.23. The lowest BCUT2D eigenvalue weighted by atomic mass is 9.83. The van der Waals surface area contributed by atoms with Gasteiger partial charge in [0.2, 0.25) is 5.91 Å². The number of benzene rings is 1. The van der Waals surface area contributed by atoms with Crippen LogP contribution >= 0.6 is 11.3 Å². The standard InChI is InChI=1S/C25H28N4O4S/c1-15-22(20-7-8-21(34-20)25(31)32)23(26-24(30)19-13-16-9-11-28(19)12-10-16)27-29(15)14-17-3-5-18(33-2)6-4-17/h3-8,16,19H,9-14H2,1-2H3,(H,31,32)(H,26,27,30). The Bertz CT molecular complexity index is 1210. The molecule has 0 radical (unpaired) electrons. The van der Waals surface area contributed by atoms with Gasteiger partial charge in [0.15, 0.2) is 5.82 Å². The molecule has 5 heterocycles. The summed E-state index contributed by atoms with van der Waals surface area (Å²) in [5, 5.41) is 17.3. The molecule has 3 aromatic rings. The van der Waals surface area contributed by atoms with Crippen molar-refractivity contribution in [2.75, 3.05) is 25.5 Å². The number of aromatic nitrogens is 2. The Morgan fingerprint density at radius 1 is 1.18 bits per heavy atom. The molecule has 0 aliphatic carbocycles. The molecule has 1 amide bonds. The van der Waals surface area contributed by atoms with Crippen molar-refractivity contribution in [3.63, 3.8) is 0 Å². The predicted molar refractivity (Wildman–Crippen MR) is 131 cm³/mol. The molecule has 1 unspecified atom stereocenters. The number of amides is 1. The van der Waals surface area contributed by atoms with Gasteiger partial charge in [-0.3, -0.25) is 14.4 Å². The fraction of sp³-hybridized carbons (Fsp3) is 0.400. The van der Waals surface area contributed by atoms with Crippen LogP contribution in [0.1, 0.15) is 40.2 Å². The van der Waals surface area contributed by atoms with E-state index in [0.717, 1.165) is 59.8 Å². The van der Waals surface area contributed by atoms with Crippen molar-refractivity contribution >= 4 is 29.0 Å². The fourth-order valence-electron chi connectivity index (χ4n) is 5.01. The highest BCUT2D eigenvalue weighted by Crippen LogP contribution is 2.38. The van der Waals surface area contributed by atoms with Crippen LogP contribution in [0.4, 0.5) is 5.82 Å². The molecule has 1 aromatic carbocycles. The lowest BCUT2D eigenvalue weighted by molar-refractivity contribution is -0.125. The van der Waals surface area contributed by atoms with E-state index in [1.807, 2.05) is 35.9 Å². The third-order valence-corrected chi connectivity index (χ3v) is 8.04. The number of anilines is 1. The van der Waals surface area contributed by atoms with Gasteiger partial charge >= 0.3 is 5.97 Å². The van der Waals surface area contributed by atoms with Crippen LogP contribution in [0.15, 0.2) is 36.4 Å². The zero-order valence-corrected chi connectivity index (χ0v) is 20.1. The third kappa shape index (κ3) is 4.33. The van der Waals surface area contributed by atoms with E-state index < -0.39 is 5.97 Å². The summed E-state index contributed by atoms with van der Waals surface area (Å²) in [6.07, 6.45) is 3.21. The molecule has 178 valence electrons. The van der Waals surface area contributed by atoms with E-state index in [-0.39, 0.29) is 16.8 Å². The van der Waals surface area contributed by atoms with Crippen LogP contribution in [0, 0.1) is 12.8 Å². The minimum Gasteiger partial charge on any atom is -0.497 e. The van der Waals surface area contributed by atoms with Gasteiger partial charge in [-0.25, -0.2) is 4.79 Å². The first-order valence-corrected chi connectivity index (χ1v) is 12.3. The van der Waals surface area contributed by atoms with Crippen molar-refractivity contribution in [2.45, 2.75) is 38.8 Å². The summed E-state index contributed by atoms with van der Waals surface area (Å²) < 4.78 is 7.11. The Labute approximate surface area is 202 Å². The maximum Gasteiger partial charge on any atom is 0.345 e. The van der Waals surface area contributed by atoms with Crippen LogP contribution in [-0.4, -0.2) is 57.9 Å². The van der Waals surface area contributed by atoms with Crippen LogP contribution < -0.4 is 10.1 Å². The Balaban J connectivity index is 1.47. The summed E-state index contributed by atoms with van der Waals surface area (Å²) in [5.74, 6) is 0.888. The molecule has 2 aromatic heterocycles. The monoisotopic (exact) mass is 480 g/mol. The molecule has 1 atom stereocenters. The van der Waals surface area contributed by atoms with Crippen molar-refractivity contribution in [3.05, 3.63) is 52.5 Å². The van der Waals surface area contributed by atoms with Crippen molar-refractivity contribution in [3.8, 4) is 16.2 Å². The Hall–Kier alpha value is -3.17. The zero-order valence-electron chi connectivity index (χ0n) is 19.3. The molecule has 3 fully saturated rings. The number of aromatic carboxylic acids is 1. The number of carbonyl (C=O) groups excluding carboxylic acids is 1. The van der Waals surface area contributed by atoms with E-state index in [9.17, 15) is 14.7 Å². The average molecular weight is 481 g/mol. The first kappa shape index (κ1) is 22.6. The average Bonchev–Trinajstić information content (AvgIpc) is 3.45. The molecule has 0 saturated carbocycles. The number of ether oxygens (including phenoxy) is 1. The molecule has 8 nitrogen and oxygen atoms in total. The SMILES string of the molecule is COc1ccc(Cn2nc(NC(=O)C3CC4CCN3CC4)c(-c3ccc(C(=O)O)s3)c2C)cc1. The molecule has 3 aliphatic rings. The number of carbonyl (C=O) groups is 2. The van der Waals surface area contributed by atoms with Gasteiger partial charge in [0.1, 0.15) is 10.6 Å². The van der Waals surface area contributed by atoms with Crippen LogP contribution in [0.5, 0.6) is 5.75 Å². The molecule has 9 heteroatoms. The second-order valence-electron chi connectivity index (χ2n) is 9.00. The highest BCUT2D eigenvalue weighted by molar-refractivity contribution is 7.17. The van der Waals surface area contributed by atoms with Gasteiger partial charge in [-0.05, 0) is 75.0 Å². The number of carboxylic acid groups (broad SMARTS) is 1. The number of fused-ring (bicyclic) bond motifs is 3. The van der Waals surface area contributed by atoms with Gasteiger partial charge in [0.05, 0.1) is 25.3 Å². The molecule has 0 spiro atoms. The molecule has 2 N–H and O–H groups in total. The molecule has 34 heavy (non-hydrogen) atoms. The lowest BCUT2D eigenvalue weighted by Gasteiger charge is -2.44. The number of hydrogen-bond donors (Lipinski definition) is 2. The molecular formula is C25H28N4O4S. The van der Waals surface area contributed by atoms with Gasteiger partial charge < -0.3 is 15.2 Å². The number of nitrogens with one attached hydrogen (secondary N) is 1. The summed E-state index contributed by atoms with van der Waals surface area (Å²) in [5.41, 5.74) is 2.69. The second-order valence-corrected chi connectivity index (χ2v) is 10.1. The first-order valence-electron chi connectivity index (χ1n) is 11.5. The first-order chi connectivity index (χ1) is 16.4. The minimum absolute atomic E-state index is 0.0326. The zero-order chi connectivity index (χ0) is 23.8. The fourth-order valence-corrected chi connectivity index (χ4v) is 5.95. The van der Waals surface area contributed by atoms with E-state index in [1.165, 1.54) is 11.3 Å². The van der Waals surface area contributed by atoms with E-state index in [4.69, 9.17) is 9.84 Å². The summed E-state index contributed by atoms with van der Waals surface area (Å²) in [7, 11) is 1.63. The normalized spacial score (nSPS) is 21.4. The lowest BCUT2D eigenvalue weighted by Crippen LogP contribution is -2.53. The molecule has 3 aliphatic heterocycles. The highest BCUT2D eigenvalue weighted by atomic mass is 32.1. The largest absolute Gasteiger partial charge is 0.497 e. The Kier molecular flexibility index (Phi) is 6.14. The van der Waals surface area contributed by atoms with E-state index >= 15 is 0 Å². The van der Waals surface area contributed by atoms with Crippen LogP contribution in [-0.2, 0) is 11.3 Å². The van der Waals surface area contributed by atoms with Gasteiger partial charge in [0, 0.05) is 10.6 Å². The topological polar surface area (TPSA) is 96.7 Å². The van der Waals surface area contributed by atoms with Gasteiger partial charge in [-0.1, -0.05) is 12.1 Å². The van der Waals surface area contributed by atoms with E-state index in [1.54, 1.807) is 19.2 Å². The van der Waals surface area contributed by atoms with Crippen molar-refractivity contribution in [1.29, 1.82) is 0 Å². The number of thiophene rings is 1. The predicted octanol–water partition coefficient (Wildman–Crippen LogP) is 4.10. The summed E-state index contributed by atoms with van der Waals surface area (Å²) in [4.78, 5) is 28.1. The van der Waals surface area contributed by atoms with Crippen molar-refractivity contribution in [2.24, 2.45) is 5.92 Å². The summed E-state index contributed by atoms with van der Waals surface area (Å²) >= 11 is 1.19. The van der Waals surface area contributed by atoms with Gasteiger partial charge in [-0.2, -0.15) is 5.10 Å². The number of methoxy groups -OCH3 is 1. The van der Waals surface area contributed by atoms with E-state index in [2.05, 4.69) is 10.2 Å². The molecule has 2 bridgehead atoms. The van der Waals surface area contributed by atoms with Crippen LogP contribution in [0.2, 0.25) is 0 Å². The Morgan fingerprint density at radius 2 is 1.91 bits per heavy atom. The minimum atomic E-state index is -0.962. The number of hydrogen-bond acceptors (Lipinski definition) is 6. The quantitative estimate of drug-likeness (QED) is 0.529. The van der Waals surface area contributed by atoms with E-state index in [0.29, 0.717) is 18.3 Å². The molecule has 3 saturated heterocycles. The third-order valence-electron chi connectivity index (χ3n) is 6.95. The van der Waals surface area contributed by atoms with Crippen LogP contribution in [0.3, 0.4) is 0 Å². The van der Waals surface area contributed by atoms with Gasteiger partial charge in [-0.15, -0.1) is 11.3 Å². The smallest absolute Gasteiger partial charge is 0.345 e. The Morgan fingerprint density at radius 3 is 2.50 bits per heavy atom. The van der Waals surface area contributed by atoms with Gasteiger partial charge in [0.25, 0.3) is 0 Å². The molecular weight excluding hydrogens is 452 g/mol. The maximum absolute atomic E-state index is 13.3.